The molecule has 2 atom stereocenters. The highest BCUT2D eigenvalue weighted by molar-refractivity contribution is 5.85. The van der Waals surface area contributed by atoms with Crippen molar-refractivity contribution in [3.63, 3.8) is 0 Å². The van der Waals surface area contributed by atoms with Crippen molar-refractivity contribution in [2.45, 2.75) is 45.4 Å². The first-order valence-electron chi connectivity index (χ1n) is 7.54. The van der Waals surface area contributed by atoms with Crippen LogP contribution in [0.5, 0.6) is 5.75 Å². The third-order valence-corrected chi connectivity index (χ3v) is 4.13. The van der Waals surface area contributed by atoms with Crippen molar-refractivity contribution in [1.29, 1.82) is 0 Å². The Bertz CT molecular complexity index is 499. The maximum atomic E-state index is 12.3. The summed E-state index contributed by atoms with van der Waals surface area (Å²) in [6.07, 6.45) is 1.02. The van der Waals surface area contributed by atoms with E-state index in [1.54, 1.807) is 12.1 Å². The molecule has 130 valence electrons. The fourth-order valence-corrected chi connectivity index (χ4v) is 2.64. The summed E-state index contributed by atoms with van der Waals surface area (Å²) < 4.78 is 28.4. The fraction of sp³-hybridized carbons (Fsp3) is 0.562. The molecule has 0 radical (unpaired) electrons. The lowest BCUT2D eigenvalue weighted by atomic mass is 10.0. The lowest BCUT2D eigenvalue weighted by Gasteiger charge is -2.38. The van der Waals surface area contributed by atoms with Crippen LogP contribution in [-0.4, -0.2) is 42.6 Å². The largest absolute Gasteiger partial charge is 0.435 e. The van der Waals surface area contributed by atoms with Crippen LogP contribution in [0.3, 0.4) is 0 Å². The molecule has 4 nitrogen and oxygen atoms in total. The average Bonchev–Trinajstić information content (AvgIpc) is 2.48. The normalized spacial score (nSPS) is 21.0. The van der Waals surface area contributed by atoms with Crippen LogP contribution in [0.15, 0.2) is 24.3 Å². The topological polar surface area (TPSA) is 41.6 Å². The highest BCUT2D eigenvalue weighted by Gasteiger charge is 2.27. The Morgan fingerprint density at radius 2 is 2.00 bits per heavy atom. The summed E-state index contributed by atoms with van der Waals surface area (Å²) in [5.74, 6) is 0.267. The van der Waals surface area contributed by atoms with E-state index in [2.05, 4.69) is 17.0 Å². The number of amides is 1. The molecule has 7 heteroatoms. The predicted octanol–water partition coefficient (Wildman–Crippen LogP) is 2.85. The summed E-state index contributed by atoms with van der Waals surface area (Å²) in [7, 11) is 0. The molecule has 23 heavy (non-hydrogen) atoms. The maximum Gasteiger partial charge on any atom is 0.387 e. The zero-order chi connectivity index (χ0) is 16.1. The van der Waals surface area contributed by atoms with Gasteiger partial charge in [-0.1, -0.05) is 12.1 Å². The van der Waals surface area contributed by atoms with E-state index in [9.17, 15) is 13.6 Å². The Hall–Kier alpha value is -1.40. The number of ether oxygens (including phenoxy) is 1. The van der Waals surface area contributed by atoms with Gasteiger partial charge < -0.3 is 15.0 Å². The van der Waals surface area contributed by atoms with Crippen LogP contribution in [0.2, 0.25) is 0 Å². The van der Waals surface area contributed by atoms with Gasteiger partial charge in [0, 0.05) is 31.6 Å². The second-order valence-electron chi connectivity index (χ2n) is 5.59. The first-order chi connectivity index (χ1) is 10.5. The van der Waals surface area contributed by atoms with Gasteiger partial charge in [0.05, 0.1) is 0 Å². The van der Waals surface area contributed by atoms with Crippen LogP contribution in [0.25, 0.3) is 0 Å². The molecule has 1 heterocycles. The lowest BCUT2D eigenvalue weighted by molar-refractivity contribution is -0.134. The molecule has 1 fully saturated rings. The average molecular weight is 349 g/mol. The van der Waals surface area contributed by atoms with Crippen LogP contribution in [-0.2, 0) is 11.2 Å². The lowest BCUT2D eigenvalue weighted by Crippen LogP contribution is -2.57. The third kappa shape index (κ3) is 5.62. The minimum Gasteiger partial charge on any atom is -0.435 e. The Labute approximate surface area is 141 Å². The maximum absolute atomic E-state index is 12.3. The summed E-state index contributed by atoms with van der Waals surface area (Å²) in [6.45, 7) is 2.85. The molecule has 1 aromatic carbocycles. The van der Waals surface area contributed by atoms with Crippen LogP contribution in [0.4, 0.5) is 8.78 Å². The number of rotatable bonds is 5. The van der Waals surface area contributed by atoms with Crippen LogP contribution < -0.4 is 10.1 Å². The van der Waals surface area contributed by atoms with E-state index in [0.717, 1.165) is 18.7 Å². The van der Waals surface area contributed by atoms with E-state index >= 15 is 0 Å². The van der Waals surface area contributed by atoms with Gasteiger partial charge >= 0.3 is 6.61 Å². The third-order valence-electron chi connectivity index (χ3n) is 4.13. The van der Waals surface area contributed by atoms with Crippen molar-refractivity contribution >= 4 is 18.3 Å². The number of alkyl halides is 2. The van der Waals surface area contributed by atoms with Gasteiger partial charge in [0.15, 0.2) is 0 Å². The molecule has 0 saturated carbocycles. The van der Waals surface area contributed by atoms with Gasteiger partial charge in [0.2, 0.25) is 5.91 Å². The SMILES string of the molecule is CC1NCCN(C(=O)CCc2ccc(OC(F)F)cc2)C1C.Cl. The number of carbonyl (C=O) groups excluding carboxylic acids is 1. The summed E-state index contributed by atoms with van der Waals surface area (Å²) in [4.78, 5) is 14.2. The number of piperazine rings is 1. The van der Waals surface area contributed by atoms with Gasteiger partial charge in [-0.2, -0.15) is 8.78 Å². The number of hydrogen-bond donors (Lipinski definition) is 1. The van der Waals surface area contributed by atoms with Crippen molar-refractivity contribution in [2.24, 2.45) is 0 Å². The van der Waals surface area contributed by atoms with E-state index < -0.39 is 6.61 Å². The van der Waals surface area contributed by atoms with Crippen LogP contribution in [0.1, 0.15) is 25.8 Å². The van der Waals surface area contributed by atoms with Gasteiger partial charge in [-0.25, -0.2) is 0 Å². The Morgan fingerprint density at radius 3 is 2.61 bits per heavy atom. The van der Waals surface area contributed by atoms with Gasteiger partial charge in [-0.15, -0.1) is 12.4 Å². The Kier molecular flexibility index (Phi) is 7.72. The fourth-order valence-electron chi connectivity index (χ4n) is 2.64. The summed E-state index contributed by atoms with van der Waals surface area (Å²) >= 11 is 0. The first-order valence-corrected chi connectivity index (χ1v) is 7.54. The number of hydrogen-bond acceptors (Lipinski definition) is 3. The summed E-state index contributed by atoms with van der Waals surface area (Å²) in [5.41, 5.74) is 0.936. The predicted molar refractivity (Wildman–Crippen MR) is 87.3 cm³/mol. The number of aryl methyl sites for hydroxylation is 1. The Morgan fingerprint density at radius 1 is 1.35 bits per heavy atom. The van der Waals surface area contributed by atoms with E-state index in [1.807, 2.05) is 11.8 Å². The standard InChI is InChI=1S/C16H22F2N2O2.ClH/c1-11-12(2)20(10-9-19-11)15(21)8-5-13-3-6-14(7-4-13)22-16(17)18;/h3-4,6-7,11-12,16,19H,5,8-10H2,1-2H3;1H. The summed E-state index contributed by atoms with van der Waals surface area (Å²) in [6, 6.07) is 6.92. The highest BCUT2D eigenvalue weighted by Crippen LogP contribution is 2.17. The van der Waals surface area contributed by atoms with Crippen LogP contribution >= 0.6 is 12.4 Å². The van der Waals surface area contributed by atoms with Gasteiger partial charge in [-0.05, 0) is 38.0 Å². The molecule has 0 aliphatic carbocycles. The molecule has 0 aromatic heterocycles. The summed E-state index contributed by atoms with van der Waals surface area (Å²) in [5, 5.41) is 3.34. The second kappa shape index (κ2) is 9.03. The smallest absolute Gasteiger partial charge is 0.387 e. The van der Waals surface area contributed by atoms with Crippen molar-refractivity contribution in [1.82, 2.24) is 10.2 Å². The highest BCUT2D eigenvalue weighted by atomic mass is 35.5. The molecular weight excluding hydrogens is 326 g/mol. The van der Waals surface area contributed by atoms with Crippen molar-refractivity contribution in [2.75, 3.05) is 13.1 Å². The van der Waals surface area contributed by atoms with Crippen molar-refractivity contribution in [3.8, 4) is 5.75 Å². The van der Waals surface area contributed by atoms with Gasteiger partial charge in [-0.3, -0.25) is 4.79 Å². The molecule has 2 rings (SSSR count). The van der Waals surface area contributed by atoms with E-state index in [0.29, 0.717) is 18.9 Å². The minimum atomic E-state index is -2.82. The van der Waals surface area contributed by atoms with Crippen molar-refractivity contribution in [3.05, 3.63) is 29.8 Å². The van der Waals surface area contributed by atoms with Gasteiger partial charge in [0.25, 0.3) is 0 Å². The molecule has 0 bridgehead atoms. The number of benzene rings is 1. The Balaban J connectivity index is 0.00000264. The monoisotopic (exact) mass is 348 g/mol. The molecule has 1 amide bonds. The number of nitrogens with zero attached hydrogens (tertiary/aromatic N) is 1. The molecule has 1 aliphatic rings. The molecule has 2 unspecified atom stereocenters. The minimum absolute atomic E-state index is 0. The molecule has 1 aliphatic heterocycles. The van der Waals surface area contributed by atoms with Gasteiger partial charge in [0.1, 0.15) is 5.75 Å². The quantitative estimate of drug-likeness (QED) is 0.889. The molecule has 1 aromatic rings. The molecule has 0 spiro atoms. The molecule has 1 saturated heterocycles. The van der Waals surface area contributed by atoms with Crippen molar-refractivity contribution < 1.29 is 18.3 Å². The molecular formula is C16H23ClF2N2O2. The zero-order valence-electron chi connectivity index (χ0n) is 13.3. The zero-order valence-corrected chi connectivity index (χ0v) is 14.1. The van der Waals surface area contributed by atoms with E-state index in [-0.39, 0.29) is 30.1 Å². The number of nitrogens with one attached hydrogen (secondary N) is 1. The van der Waals surface area contributed by atoms with E-state index in [1.165, 1.54) is 12.1 Å². The second-order valence-corrected chi connectivity index (χ2v) is 5.59. The first kappa shape index (κ1) is 19.6. The van der Waals surface area contributed by atoms with Crippen LogP contribution in [0, 0.1) is 0 Å². The van der Waals surface area contributed by atoms with E-state index in [4.69, 9.17) is 0 Å². The number of carbonyl (C=O) groups is 1. The number of halogens is 3. The molecule has 1 N–H and O–H groups in total.